The van der Waals surface area contributed by atoms with Gasteiger partial charge in [-0.25, -0.2) is 0 Å². The van der Waals surface area contributed by atoms with Crippen LogP contribution in [0.1, 0.15) is 0 Å². The average Bonchev–Trinajstić information content (AvgIpc) is 2.48. The van der Waals surface area contributed by atoms with Gasteiger partial charge in [0.2, 0.25) is 0 Å². The second-order valence-corrected chi connectivity index (χ2v) is 8.01. The van der Waals surface area contributed by atoms with Gasteiger partial charge in [-0.15, -0.1) is 46.4 Å². The van der Waals surface area contributed by atoms with Crippen molar-refractivity contribution >= 4 is 69.6 Å². The summed E-state index contributed by atoms with van der Waals surface area (Å²) in [4.78, 5) is -2.73. The Morgan fingerprint density at radius 1 is 0.765 bits per heavy atom. The molecule has 100 valence electrons. The van der Waals surface area contributed by atoms with E-state index < -0.39 is 36.7 Å². The summed E-state index contributed by atoms with van der Waals surface area (Å²) in [6.07, 6.45) is 0. The van der Waals surface area contributed by atoms with E-state index >= 15 is 0 Å². The van der Waals surface area contributed by atoms with Crippen LogP contribution in [0.3, 0.4) is 0 Å². The van der Waals surface area contributed by atoms with E-state index in [0.29, 0.717) is 0 Å². The van der Waals surface area contributed by atoms with E-state index in [4.69, 9.17) is 69.6 Å². The minimum absolute atomic E-state index is 0.322. The molecular weight excluding hydrogens is 353 g/mol. The molecule has 0 aliphatic heterocycles. The Hall–Kier alpha value is 1.66. The Balaban J connectivity index is 2.63. The third kappa shape index (κ3) is 1.40. The summed E-state index contributed by atoms with van der Waals surface area (Å²) in [6, 6.07) is 0. The molecule has 0 unspecified atom stereocenters. The molecule has 0 aromatic carbocycles. The molecule has 2 aliphatic carbocycles. The van der Waals surface area contributed by atoms with Crippen LogP contribution in [0.4, 0.5) is 0 Å². The molecular formula is C9H10Cl6O2. The number of hydrogen-bond acceptors (Lipinski definition) is 2. The van der Waals surface area contributed by atoms with E-state index in [2.05, 4.69) is 0 Å². The zero-order valence-corrected chi connectivity index (χ0v) is 12.9. The minimum Gasteiger partial charge on any atom is -0.396 e. The zero-order chi connectivity index (χ0) is 13.2. The Labute approximate surface area is 129 Å². The van der Waals surface area contributed by atoms with Crippen molar-refractivity contribution in [2.24, 2.45) is 11.8 Å². The van der Waals surface area contributed by atoms with Crippen LogP contribution in [0.25, 0.3) is 0 Å². The molecule has 2 fully saturated rings. The van der Waals surface area contributed by atoms with Crippen molar-refractivity contribution in [2.45, 2.75) is 24.8 Å². The highest BCUT2D eigenvalue weighted by Crippen LogP contribution is 2.74. The van der Waals surface area contributed by atoms with Crippen LogP contribution < -0.4 is 0 Å². The van der Waals surface area contributed by atoms with Crippen LogP contribution in [0.15, 0.2) is 0 Å². The fraction of sp³-hybridized carbons (Fsp3) is 1.00. The van der Waals surface area contributed by atoms with Crippen LogP contribution in [0, 0.1) is 11.8 Å². The van der Waals surface area contributed by atoms with Gasteiger partial charge in [0.1, 0.15) is 9.75 Å². The molecule has 8 heteroatoms. The van der Waals surface area contributed by atoms with Crippen molar-refractivity contribution < 1.29 is 10.2 Å². The van der Waals surface area contributed by atoms with E-state index in [1.54, 1.807) is 0 Å². The van der Waals surface area contributed by atoms with Crippen LogP contribution in [-0.4, -0.2) is 48.3 Å². The van der Waals surface area contributed by atoms with Crippen LogP contribution >= 0.6 is 69.6 Å². The maximum Gasteiger partial charge on any atom is 0.160 e. The molecule has 2 rings (SSSR count). The van der Waals surface area contributed by atoms with E-state index in [9.17, 15) is 10.2 Å². The number of halogens is 6. The lowest BCUT2D eigenvalue weighted by Gasteiger charge is -2.40. The second-order valence-electron chi connectivity index (χ2n) is 4.49. The standard InChI is InChI=1S/C9H10Cl6O2/c10-5-6(11)8(13)4(2-17)3(1-16)7(5,12)9(8,14)15/h3-6,16-17H,1-2H2/t3-,4+,5-,6-,7+,8+/m0/s1. The Bertz CT molecular complexity index is 309. The minimum atomic E-state index is -1.62. The molecule has 2 nitrogen and oxygen atoms in total. The maximum atomic E-state index is 9.43. The number of aliphatic hydroxyl groups excluding tert-OH is 2. The Kier molecular flexibility index (Phi) is 3.83. The maximum absolute atomic E-state index is 9.43. The van der Waals surface area contributed by atoms with E-state index in [1.165, 1.54) is 0 Å². The largest absolute Gasteiger partial charge is 0.396 e. The number of fused-ring (bicyclic) bond motifs is 2. The lowest BCUT2D eigenvalue weighted by Crippen LogP contribution is -2.52. The molecule has 0 spiro atoms. The number of alkyl halides is 6. The SMILES string of the molecule is OC[C@@H]1[C@H](CO)[C@@]2(Cl)[C@@H](Cl)[C@H](Cl)[C@@]1(Cl)C2(Cl)Cl. The summed E-state index contributed by atoms with van der Waals surface area (Å²) < 4.78 is -1.62. The summed E-state index contributed by atoms with van der Waals surface area (Å²) in [7, 11) is 0. The molecule has 0 heterocycles. The van der Waals surface area contributed by atoms with Gasteiger partial charge in [0.25, 0.3) is 0 Å². The highest BCUT2D eigenvalue weighted by Gasteiger charge is 2.85. The summed E-state index contributed by atoms with van der Waals surface area (Å²) in [5, 5.41) is 17.3. The molecule has 17 heavy (non-hydrogen) atoms. The quantitative estimate of drug-likeness (QED) is 0.741. The fourth-order valence-corrected chi connectivity index (χ4v) is 6.53. The summed E-state index contributed by atoms with van der Waals surface area (Å²) in [5.74, 6) is -1.22. The fourth-order valence-electron chi connectivity index (χ4n) is 3.05. The molecule has 0 saturated heterocycles. The van der Waals surface area contributed by atoms with Gasteiger partial charge in [0.05, 0.1) is 10.8 Å². The summed E-state index contributed by atoms with van der Waals surface area (Å²) in [5.41, 5.74) is 0. The summed E-state index contributed by atoms with van der Waals surface area (Å²) >= 11 is 37.7. The summed E-state index contributed by atoms with van der Waals surface area (Å²) in [6.45, 7) is -0.644. The third-order valence-corrected chi connectivity index (χ3v) is 8.76. The Morgan fingerprint density at radius 2 is 1.06 bits per heavy atom. The Morgan fingerprint density at radius 3 is 1.29 bits per heavy atom. The molecule has 2 saturated carbocycles. The van der Waals surface area contributed by atoms with Gasteiger partial charge < -0.3 is 10.2 Å². The van der Waals surface area contributed by atoms with Gasteiger partial charge in [0, 0.05) is 25.0 Å². The van der Waals surface area contributed by atoms with Gasteiger partial charge in [-0.05, 0) is 0 Å². The number of hydrogen-bond donors (Lipinski definition) is 2. The van der Waals surface area contributed by atoms with Crippen molar-refractivity contribution in [3.05, 3.63) is 0 Å². The van der Waals surface area contributed by atoms with Gasteiger partial charge in [-0.1, -0.05) is 23.2 Å². The predicted molar refractivity (Wildman–Crippen MR) is 72.0 cm³/mol. The van der Waals surface area contributed by atoms with E-state index in [0.717, 1.165) is 0 Å². The highest BCUT2D eigenvalue weighted by molar-refractivity contribution is 6.62. The van der Waals surface area contributed by atoms with E-state index in [1.807, 2.05) is 0 Å². The molecule has 2 aliphatic rings. The second kappa shape index (κ2) is 4.33. The van der Waals surface area contributed by atoms with E-state index in [-0.39, 0.29) is 13.2 Å². The number of rotatable bonds is 2. The first-order chi connectivity index (χ1) is 7.71. The average molecular weight is 363 g/mol. The first-order valence-electron chi connectivity index (χ1n) is 4.96. The van der Waals surface area contributed by atoms with Crippen LogP contribution in [-0.2, 0) is 0 Å². The van der Waals surface area contributed by atoms with Crippen LogP contribution in [0.5, 0.6) is 0 Å². The topological polar surface area (TPSA) is 40.5 Å². The zero-order valence-electron chi connectivity index (χ0n) is 8.39. The lowest BCUT2D eigenvalue weighted by molar-refractivity contribution is 0.0953. The van der Waals surface area contributed by atoms with Gasteiger partial charge >= 0.3 is 0 Å². The van der Waals surface area contributed by atoms with Gasteiger partial charge in [-0.3, -0.25) is 0 Å². The molecule has 0 aromatic rings. The predicted octanol–water partition coefficient (Wildman–Crippen LogP) is 2.57. The monoisotopic (exact) mass is 360 g/mol. The van der Waals surface area contributed by atoms with Crippen molar-refractivity contribution in [1.82, 2.24) is 0 Å². The molecule has 2 bridgehead atoms. The third-order valence-electron chi connectivity index (χ3n) is 3.98. The first-order valence-corrected chi connectivity index (χ1v) is 7.35. The molecule has 0 radical (unpaired) electrons. The highest BCUT2D eigenvalue weighted by atomic mass is 35.5. The lowest BCUT2D eigenvalue weighted by atomic mass is 9.79. The first kappa shape index (κ1) is 15.1. The van der Waals surface area contributed by atoms with Crippen molar-refractivity contribution in [2.75, 3.05) is 13.2 Å². The number of aliphatic hydroxyl groups is 2. The molecule has 0 aromatic heterocycles. The normalized spacial score (nSPS) is 56.5. The van der Waals surface area contributed by atoms with Gasteiger partial charge in [-0.2, -0.15) is 0 Å². The molecule has 0 amide bonds. The van der Waals surface area contributed by atoms with Crippen LogP contribution in [0.2, 0.25) is 0 Å². The molecule has 6 atom stereocenters. The molecule has 2 N–H and O–H groups in total. The van der Waals surface area contributed by atoms with Crippen molar-refractivity contribution in [3.63, 3.8) is 0 Å². The smallest absolute Gasteiger partial charge is 0.160 e. The van der Waals surface area contributed by atoms with Gasteiger partial charge in [0.15, 0.2) is 4.33 Å². The van der Waals surface area contributed by atoms with Crippen molar-refractivity contribution in [3.8, 4) is 0 Å². The van der Waals surface area contributed by atoms with Crippen molar-refractivity contribution in [1.29, 1.82) is 0 Å².